The average molecular weight is 331 g/mol. The third kappa shape index (κ3) is 2.59. The fourth-order valence-corrected chi connectivity index (χ4v) is 3.42. The van der Waals surface area contributed by atoms with Crippen molar-refractivity contribution in [2.45, 2.75) is 38.6 Å². The molecule has 0 amide bonds. The van der Waals surface area contributed by atoms with Crippen LogP contribution >= 0.6 is 15.9 Å². The summed E-state index contributed by atoms with van der Waals surface area (Å²) in [5.74, 6) is 0.661. The predicted octanol–water partition coefficient (Wildman–Crippen LogP) is 5.20. The van der Waals surface area contributed by atoms with E-state index in [0.29, 0.717) is 12.0 Å². The zero-order valence-corrected chi connectivity index (χ0v) is 13.4. The van der Waals surface area contributed by atoms with Crippen molar-refractivity contribution in [2.75, 3.05) is 5.32 Å². The molecule has 0 saturated heterocycles. The van der Waals surface area contributed by atoms with Gasteiger partial charge in [0.25, 0.3) is 0 Å². The molecule has 20 heavy (non-hydrogen) atoms. The Morgan fingerprint density at radius 3 is 2.60 bits per heavy atom. The molecule has 3 heteroatoms. The van der Waals surface area contributed by atoms with Crippen LogP contribution in [-0.4, -0.2) is 4.98 Å². The van der Waals surface area contributed by atoms with Crippen LogP contribution in [-0.2, 0) is 0 Å². The molecule has 0 saturated carbocycles. The number of nitrogens with one attached hydrogen (secondary N) is 1. The summed E-state index contributed by atoms with van der Waals surface area (Å²) >= 11 is 3.42. The van der Waals surface area contributed by atoms with Gasteiger partial charge in [-0.2, -0.15) is 0 Å². The zero-order valence-electron chi connectivity index (χ0n) is 11.9. The number of nitrogens with zero attached hydrogens (tertiary/aromatic N) is 1. The molecule has 1 aromatic heterocycles. The Balaban J connectivity index is 1.90. The van der Waals surface area contributed by atoms with E-state index in [9.17, 15) is 0 Å². The lowest BCUT2D eigenvalue weighted by Crippen LogP contribution is -2.19. The highest BCUT2D eigenvalue weighted by Gasteiger charge is 2.24. The van der Waals surface area contributed by atoms with Crippen molar-refractivity contribution < 1.29 is 0 Å². The minimum absolute atomic E-state index is 0.393. The smallest absolute Gasteiger partial charge is 0.106 e. The van der Waals surface area contributed by atoms with Gasteiger partial charge in [-0.25, -0.2) is 4.98 Å². The van der Waals surface area contributed by atoms with Gasteiger partial charge in [0.15, 0.2) is 0 Å². The third-order valence-corrected chi connectivity index (χ3v) is 4.61. The van der Waals surface area contributed by atoms with E-state index in [1.165, 1.54) is 24.0 Å². The third-order valence-electron chi connectivity index (χ3n) is 4.17. The first-order chi connectivity index (χ1) is 9.65. The summed E-state index contributed by atoms with van der Waals surface area (Å²) in [6.07, 6.45) is 2.41. The molecular formula is C17H19BrN2. The normalized spacial score (nSPS) is 21.4. The second-order valence-corrected chi connectivity index (χ2v) is 6.38. The van der Waals surface area contributed by atoms with E-state index in [-0.39, 0.29) is 0 Å². The molecule has 1 aliphatic carbocycles. The maximum atomic E-state index is 4.46. The van der Waals surface area contributed by atoms with Gasteiger partial charge in [-0.3, -0.25) is 0 Å². The number of rotatable bonds is 2. The maximum absolute atomic E-state index is 4.46. The molecule has 1 aromatic carbocycles. The molecule has 2 aromatic rings. The van der Waals surface area contributed by atoms with Gasteiger partial charge in [0.2, 0.25) is 0 Å². The number of fused-ring (bicyclic) bond motifs is 1. The zero-order chi connectivity index (χ0) is 14.1. The molecule has 104 valence electrons. The molecule has 2 unspecified atom stereocenters. The summed E-state index contributed by atoms with van der Waals surface area (Å²) in [6.45, 7) is 4.37. The Labute approximate surface area is 128 Å². The lowest BCUT2D eigenvalue weighted by atomic mass is 9.81. The number of aryl methyl sites for hydroxylation is 1. The molecule has 1 N–H and O–H groups in total. The number of hydrogen-bond donors (Lipinski definition) is 1. The van der Waals surface area contributed by atoms with Gasteiger partial charge in [-0.1, -0.05) is 31.2 Å². The van der Waals surface area contributed by atoms with Crippen molar-refractivity contribution in [1.29, 1.82) is 0 Å². The van der Waals surface area contributed by atoms with Gasteiger partial charge in [0, 0.05) is 0 Å². The van der Waals surface area contributed by atoms with Crippen LogP contribution in [0.3, 0.4) is 0 Å². The summed E-state index contributed by atoms with van der Waals surface area (Å²) in [5, 5.41) is 3.67. The fraction of sp³-hybridized carbons (Fsp3) is 0.353. The van der Waals surface area contributed by atoms with Gasteiger partial charge in [-0.15, -0.1) is 0 Å². The number of pyridine rings is 1. The number of hydrogen-bond acceptors (Lipinski definition) is 2. The van der Waals surface area contributed by atoms with Crippen LogP contribution in [0.4, 0.5) is 5.69 Å². The van der Waals surface area contributed by atoms with E-state index in [1.54, 1.807) is 0 Å². The topological polar surface area (TPSA) is 24.9 Å². The summed E-state index contributed by atoms with van der Waals surface area (Å²) in [6, 6.07) is 13.3. The predicted molar refractivity (Wildman–Crippen MR) is 87.1 cm³/mol. The Bertz CT molecular complexity index is 624. The van der Waals surface area contributed by atoms with Crippen molar-refractivity contribution in [3.05, 3.63) is 57.8 Å². The van der Waals surface area contributed by atoms with Gasteiger partial charge < -0.3 is 5.32 Å². The largest absolute Gasteiger partial charge is 0.377 e. The molecular weight excluding hydrogens is 312 g/mol. The number of anilines is 1. The molecule has 0 bridgehead atoms. The molecule has 1 aliphatic rings. The quantitative estimate of drug-likeness (QED) is 0.765. The van der Waals surface area contributed by atoms with Crippen LogP contribution in [0.5, 0.6) is 0 Å². The second-order valence-electron chi connectivity index (χ2n) is 5.57. The van der Waals surface area contributed by atoms with Gasteiger partial charge in [0.1, 0.15) is 4.60 Å². The highest BCUT2D eigenvalue weighted by atomic mass is 79.9. The van der Waals surface area contributed by atoms with Crippen LogP contribution in [0, 0.1) is 6.92 Å². The minimum Gasteiger partial charge on any atom is -0.377 e. The monoisotopic (exact) mass is 330 g/mol. The van der Waals surface area contributed by atoms with Crippen LogP contribution in [0.25, 0.3) is 0 Å². The summed E-state index contributed by atoms with van der Waals surface area (Å²) in [7, 11) is 0. The van der Waals surface area contributed by atoms with E-state index in [4.69, 9.17) is 0 Å². The second kappa shape index (κ2) is 5.57. The number of benzene rings is 1. The lowest BCUT2D eigenvalue weighted by Gasteiger charge is -2.31. The maximum Gasteiger partial charge on any atom is 0.106 e. The van der Waals surface area contributed by atoms with E-state index >= 15 is 0 Å². The summed E-state index contributed by atoms with van der Waals surface area (Å²) in [4.78, 5) is 4.46. The van der Waals surface area contributed by atoms with E-state index in [0.717, 1.165) is 16.0 Å². The van der Waals surface area contributed by atoms with E-state index < -0.39 is 0 Å². The Morgan fingerprint density at radius 2 is 1.85 bits per heavy atom. The van der Waals surface area contributed by atoms with Crippen LogP contribution in [0.15, 0.2) is 41.0 Å². The average Bonchev–Trinajstić information content (AvgIpc) is 2.45. The first kappa shape index (κ1) is 13.6. The lowest BCUT2D eigenvalue weighted by molar-refractivity contribution is 0.534. The number of halogens is 1. The van der Waals surface area contributed by atoms with Gasteiger partial charge in [0.05, 0.1) is 17.4 Å². The molecule has 0 spiro atoms. The van der Waals surface area contributed by atoms with Crippen molar-refractivity contribution in [3.8, 4) is 0 Å². The Hall–Kier alpha value is -1.35. The molecule has 0 radical (unpaired) electrons. The highest BCUT2D eigenvalue weighted by molar-refractivity contribution is 9.10. The molecule has 0 aliphatic heterocycles. The van der Waals surface area contributed by atoms with Crippen molar-refractivity contribution >= 4 is 21.6 Å². The summed E-state index contributed by atoms with van der Waals surface area (Å²) in [5.41, 5.74) is 5.09. The number of aromatic nitrogens is 1. The van der Waals surface area contributed by atoms with E-state index in [2.05, 4.69) is 63.5 Å². The minimum atomic E-state index is 0.393. The molecule has 2 atom stereocenters. The molecule has 2 nitrogen and oxygen atoms in total. The first-order valence-corrected chi connectivity index (χ1v) is 7.93. The Kier molecular flexibility index (Phi) is 3.79. The van der Waals surface area contributed by atoms with E-state index in [1.807, 2.05) is 13.0 Å². The Morgan fingerprint density at radius 1 is 1.10 bits per heavy atom. The van der Waals surface area contributed by atoms with Crippen molar-refractivity contribution in [1.82, 2.24) is 4.98 Å². The molecule has 1 heterocycles. The standard InChI is InChI=1S/C17H19BrN2/c1-11-7-8-16(14-6-4-3-5-13(11)14)20-15-9-10-17(18)19-12(15)2/h3-6,9-11,16,20H,7-8H2,1-2H3. The summed E-state index contributed by atoms with van der Waals surface area (Å²) < 4.78 is 0.887. The SMILES string of the molecule is Cc1nc(Br)ccc1NC1CCC(C)c2ccccc21. The highest BCUT2D eigenvalue weighted by Crippen LogP contribution is 2.39. The fourth-order valence-electron chi connectivity index (χ4n) is 3.03. The van der Waals surface area contributed by atoms with Crippen LogP contribution in [0.1, 0.15) is 48.5 Å². The van der Waals surface area contributed by atoms with Crippen molar-refractivity contribution in [2.24, 2.45) is 0 Å². The van der Waals surface area contributed by atoms with Gasteiger partial charge in [-0.05, 0) is 64.9 Å². The van der Waals surface area contributed by atoms with Gasteiger partial charge >= 0.3 is 0 Å². The van der Waals surface area contributed by atoms with Crippen LogP contribution in [0.2, 0.25) is 0 Å². The van der Waals surface area contributed by atoms with Crippen molar-refractivity contribution in [3.63, 3.8) is 0 Å². The molecule has 0 fully saturated rings. The van der Waals surface area contributed by atoms with Crippen LogP contribution < -0.4 is 5.32 Å². The first-order valence-electron chi connectivity index (χ1n) is 7.13. The molecule has 3 rings (SSSR count).